The van der Waals surface area contributed by atoms with Crippen LogP contribution in [-0.4, -0.2) is 34.2 Å². The van der Waals surface area contributed by atoms with E-state index in [1.807, 2.05) is 72.5 Å². The molecule has 0 N–H and O–H groups in total. The predicted octanol–water partition coefficient (Wildman–Crippen LogP) is 6.11. The SMILES string of the molecule is CCOc1ccccc1-c1nnc(SCC(=O)N2c3ccccc3SC[C@H]2c2ccccc2)o1. The second-order valence-electron chi connectivity index (χ2n) is 7.56. The maximum absolute atomic E-state index is 13.5. The van der Waals surface area contributed by atoms with Crippen LogP contribution in [0.25, 0.3) is 11.5 Å². The van der Waals surface area contributed by atoms with E-state index in [1.54, 1.807) is 11.8 Å². The number of fused-ring (bicyclic) bond motifs is 1. The number of amides is 1. The van der Waals surface area contributed by atoms with E-state index in [9.17, 15) is 4.79 Å². The van der Waals surface area contributed by atoms with Crippen LogP contribution in [0.15, 0.2) is 93.4 Å². The highest BCUT2D eigenvalue weighted by atomic mass is 32.2. The molecule has 1 aromatic heterocycles. The molecule has 2 heterocycles. The average molecular weight is 490 g/mol. The molecule has 0 aliphatic carbocycles. The van der Waals surface area contributed by atoms with Gasteiger partial charge in [0.25, 0.3) is 11.1 Å². The number of aromatic nitrogens is 2. The van der Waals surface area contributed by atoms with Gasteiger partial charge in [-0.05, 0) is 36.8 Å². The summed E-state index contributed by atoms with van der Waals surface area (Å²) in [5.41, 5.74) is 2.80. The predicted molar refractivity (Wildman–Crippen MR) is 135 cm³/mol. The molecule has 4 aromatic rings. The molecule has 0 bridgehead atoms. The van der Waals surface area contributed by atoms with Gasteiger partial charge >= 0.3 is 0 Å². The Morgan fingerprint density at radius 3 is 2.68 bits per heavy atom. The number of anilines is 1. The highest BCUT2D eigenvalue weighted by Crippen LogP contribution is 2.43. The van der Waals surface area contributed by atoms with Crippen LogP contribution in [0, 0.1) is 0 Å². The molecule has 1 atom stereocenters. The fourth-order valence-corrected chi connectivity index (χ4v) is 5.70. The van der Waals surface area contributed by atoms with Crippen molar-refractivity contribution < 1.29 is 13.9 Å². The van der Waals surface area contributed by atoms with Crippen LogP contribution >= 0.6 is 23.5 Å². The van der Waals surface area contributed by atoms with E-state index < -0.39 is 0 Å². The molecule has 0 spiro atoms. The molecule has 0 fully saturated rings. The third-order valence-corrected chi connectivity index (χ3v) is 7.37. The minimum Gasteiger partial charge on any atom is -0.493 e. The third kappa shape index (κ3) is 4.69. The van der Waals surface area contributed by atoms with Crippen molar-refractivity contribution >= 4 is 35.1 Å². The van der Waals surface area contributed by atoms with Gasteiger partial charge in [0.05, 0.1) is 29.7 Å². The number of ether oxygens (including phenoxy) is 1. The monoisotopic (exact) mass is 489 g/mol. The Morgan fingerprint density at radius 2 is 1.82 bits per heavy atom. The summed E-state index contributed by atoms with van der Waals surface area (Å²) in [5.74, 6) is 2.06. The van der Waals surface area contributed by atoms with E-state index >= 15 is 0 Å². The van der Waals surface area contributed by atoms with E-state index in [0.717, 1.165) is 27.5 Å². The number of nitrogens with zero attached hydrogens (tertiary/aromatic N) is 3. The first kappa shape index (κ1) is 22.6. The van der Waals surface area contributed by atoms with Gasteiger partial charge in [-0.1, -0.05) is 66.4 Å². The van der Waals surface area contributed by atoms with E-state index in [-0.39, 0.29) is 17.7 Å². The summed E-state index contributed by atoms with van der Waals surface area (Å²) >= 11 is 3.03. The molecule has 6 nitrogen and oxygen atoms in total. The van der Waals surface area contributed by atoms with Gasteiger partial charge in [0.2, 0.25) is 5.91 Å². The Morgan fingerprint density at radius 1 is 1.06 bits per heavy atom. The zero-order chi connectivity index (χ0) is 23.3. The van der Waals surface area contributed by atoms with Crippen molar-refractivity contribution in [1.29, 1.82) is 0 Å². The smallest absolute Gasteiger partial charge is 0.277 e. The number of carbonyl (C=O) groups excluding carboxylic acids is 1. The summed E-state index contributed by atoms with van der Waals surface area (Å²) in [6, 6.07) is 25.7. The highest BCUT2D eigenvalue weighted by molar-refractivity contribution is 8.00. The number of hydrogen-bond acceptors (Lipinski definition) is 7. The Labute approximate surface area is 206 Å². The molecule has 0 unspecified atom stereocenters. The number of carbonyl (C=O) groups is 1. The van der Waals surface area contributed by atoms with Gasteiger partial charge < -0.3 is 14.1 Å². The summed E-state index contributed by atoms with van der Waals surface area (Å²) < 4.78 is 11.5. The van der Waals surface area contributed by atoms with Crippen LogP contribution in [0.3, 0.4) is 0 Å². The summed E-state index contributed by atoms with van der Waals surface area (Å²) in [6.45, 7) is 2.47. The first-order chi connectivity index (χ1) is 16.7. The topological polar surface area (TPSA) is 68.5 Å². The van der Waals surface area contributed by atoms with Crippen molar-refractivity contribution in [2.45, 2.75) is 23.1 Å². The largest absolute Gasteiger partial charge is 0.493 e. The first-order valence-electron chi connectivity index (χ1n) is 11.0. The molecule has 0 radical (unpaired) electrons. The normalized spacial score (nSPS) is 15.1. The molecular formula is C26H23N3O3S2. The second-order valence-corrected chi connectivity index (χ2v) is 9.55. The summed E-state index contributed by atoms with van der Waals surface area (Å²) in [6.07, 6.45) is 0. The number of rotatable bonds is 7. The lowest BCUT2D eigenvalue weighted by atomic mass is 10.1. The number of thioether (sulfide) groups is 2. The van der Waals surface area contributed by atoms with Crippen LogP contribution in [0.2, 0.25) is 0 Å². The molecule has 3 aromatic carbocycles. The van der Waals surface area contributed by atoms with Crippen LogP contribution in [-0.2, 0) is 4.79 Å². The molecule has 5 rings (SSSR count). The number of para-hydroxylation sites is 2. The lowest BCUT2D eigenvalue weighted by molar-refractivity contribution is -0.116. The van der Waals surface area contributed by atoms with Gasteiger partial charge in [-0.25, -0.2) is 0 Å². The molecule has 0 saturated heterocycles. The number of benzene rings is 3. The van der Waals surface area contributed by atoms with Crippen molar-refractivity contribution in [3.63, 3.8) is 0 Å². The zero-order valence-electron chi connectivity index (χ0n) is 18.6. The van der Waals surface area contributed by atoms with Crippen LogP contribution < -0.4 is 9.64 Å². The van der Waals surface area contributed by atoms with Crippen molar-refractivity contribution in [2.24, 2.45) is 0 Å². The second kappa shape index (κ2) is 10.4. The highest BCUT2D eigenvalue weighted by Gasteiger charge is 2.32. The number of hydrogen-bond donors (Lipinski definition) is 0. The molecule has 0 saturated carbocycles. The first-order valence-corrected chi connectivity index (χ1v) is 13.0. The Bertz CT molecular complexity index is 1280. The zero-order valence-corrected chi connectivity index (χ0v) is 20.2. The van der Waals surface area contributed by atoms with E-state index in [0.29, 0.717) is 23.5 Å². The van der Waals surface area contributed by atoms with Crippen LogP contribution in [0.4, 0.5) is 5.69 Å². The van der Waals surface area contributed by atoms with Gasteiger partial charge in [0, 0.05) is 10.6 Å². The fourth-order valence-electron chi connectivity index (χ4n) is 3.91. The molecule has 1 aliphatic heterocycles. The van der Waals surface area contributed by atoms with Crippen molar-refractivity contribution in [1.82, 2.24) is 10.2 Å². The van der Waals surface area contributed by atoms with Crippen LogP contribution in [0.1, 0.15) is 18.5 Å². The van der Waals surface area contributed by atoms with Crippen molar-refractivity contribution in [2.75, 3.05) is 23.0 Å². The van der Waals surface area contributed by atoms with Gasteiger partial charge in [-0.2, -0.15) is 0 Å². The van der Waals surface area contributed by atoms with Crippen molar-refractivity contribution in [3.8, 4) is 17.2 Å². The molecule has 1 aliphatic rings. The van der Waals surface area contributed by atoms with E-state index in [4.69, 9.17) is 9.15 Å². The maximum atomic E-state index is 13.5. The lowest BCUT2D eigenvalue weighted by Crippen LogP contribution is -2.39. The van der Waals surface area contributed by atoms with Gasteiger partial charge in [-0.15, -0.1) is 22.0 Å². The molecular weight excluding hydrogens is 466 g/mol. The van der Waals surface area contributed by atoms with Crippen LogP contribution in [0.5, 0.6) is 5.75 Å². The molecule has 172 valence electrons. The standard InChI is InChI=1S/C26H23N3O3S2/c1-2-31-22-14-8-6-12-19(22)25-27-28-26(32-25)34-17-24(30)29-20-13-7-9-15-23(20)33-16-21(29)18-10-4-3-5-11-18/h3-15,21H,2,16-17H2,1H3/t21-/m0/s1. The minimum atomic E-state index is -0.0366. The van der Waals surface area contributed by atoms with Crippen molar-refractivity contribution in [3.05, 3.63) is 84.4 Å². The van der Waals surface area contributed by atoms with Gasteiger partial charge in [-0.3, -0.25) is 4.79 Å². The van der Waals surface area contributed by atoms with Gasteiger partial charge in [0.15, 0.2) is 0 Å². The summed E-state index contributed by atoms with van der Waals surface area (Å²) in [4.78, 5) is 16.5. The van der Waals surface area contributed by atoms with E-state index in [1.165, 1.54) is 11.8 Å². The average Bonchev–Trinajstić information content (AvgIpc) is 3.36. The Balaban J connectivity index is 1.36. The molecule has 1 amide bonds. The lowest BCUT2D eigenvalue weighted by Gasteiger charge is -2.37. The fraction of sp³-hybridized carbons (Fsp3) is 0.192. The maximum Gasteiger partial charge on any atom is 0.277 e. The van der Waals surface area contributed by atoms with Gasteiger partial charge in [0.1, 0.15) is 5.75 Å². The Kier molecular flexibility index (Phi) is 6.87. The third-order valence-electron chi connectivity index (χ3n) is 5.43. The summed E-state index contributed by atoms with van der Waals surface area (Å²) in [7, 11) is 0. The molecule has 8 heteroatoms. The summed E-state index contributed by atoms with van der Waals surface area (Å²) in [5, 5.41) is 8.67. The molecule has 34 heavy (non-hydrogen) atoms. The van der Waals surface area contributed by atoms with E-state index in [2.05, 4.69) is 28.4 Å². The minimum absolute atomic E-state index is 0.000990. The quantitative estimate of drug-likeness (QED) is 0.290. The Hall–Kier alpha value is -3.23.